The Hall–Kier alpha value is -0.250. The molecule has 0 amide bonds. The monoisotopic (exact) mass is 189 g/mol. The van der Waals surface area contributed by atoms with Gasteiger partial charge in [0.15, 0.2) is 0 Å². The molecule has 1 aliphatic heterocycles. The van der Waals surface area contributed by atoms with Crippen molar-refractivity contribution in [1.82, 2.24) is 0 Å². The molecule has 0 bridgehead atoms. The highest BCUT2D eigenvalue weighted by atomic mass is 32.2. The van der Waals surface area contributed by atoms with Crippen LogP contribution in [0.2, 0.25) is 0 Å². The molecular weight excluding hydrogens is 174 g/mol. The average Bonchev–Trinajstić information content (AvgIpc) is 2.06. The van der Waals surface area contributed by atoms with Crippen LogP contribution in [0.15, 0.2) is 0 Å². The molecule has 0 saturated carbocycles. The standard InChI is InChI=1S/C8H15NO2S/c1-7(9(10)11)6-8-2-4-12-5-3-8/h7-8H,2-6H2,1H3. The largest absolute Gasteiger partial charge is 0.264 e. The molecule has 0 aliphatic carbocycles. The summed E-state index contributed by atoms with van der Waals surface area (Å²) in [5.41, 5.74) is 0. The molecule has 1 aliphatic rings. The zero-order valence-corrected chi connectivity index (χ0v) is 8.18. The van der Waals surface area contributed by atoms with E-state index in [1.165, 1.54) is 24.3 Å². The first-order valence-corrected chi connectivity index (χ1v) is 5.57. The molecule has 1 saturated heterocycles. The van der Waals surface area contributed by atoms with Gasteiger partial charge in [0.1, 0.15) is 0 Å². The van der Waals surface area contributed by atoms with Gasteiger partial charge in [0.25, 0.3) is 0 Å². The first-order valence-electron chi connectivity index (χ1n) is 4.41. The summed E-state index contributed by atoms with van der Waals surface area (Å²) in [6.07, 6.45) is 3.11. The Morgan fingerprint density at radius 3 is 2.67 bits per heavy atom. The highest BCUT2D eigenvalue weighted by Crippen LogP contribution is 2.26. The second kappa shape index (κ2) is 4.70. The summed E-state index contributed by atoms with van der Waals surface area (Å²) in [7, 11) is 0. The molecule has 70 valence electrons. The third-order valence-electron chi connectivity index (χ3n) is 2.38. The van der Waals surface area contributed by atoms with Gasteiger partial charge in [0, 0.05) is 18.3 Å². The summed E-state index contributed by atoms with van der Waals surface area (Å²) in [5.74, 6) is 2.98. The van der Waals surface area contributed by atoms with Crippen molar-refractivity contribution in [1.29, 1.82) is 0 Å². The second-order valence-corrected chi connectivity index (χ2v) is 4.65. The van der Waals surface area contributed by atoms with Crippen molar-refractivity contribution < 1.29 is 4.92 Å². The maximum atomic E-state index is 10.4. The fourth-order valence-electron chi connectivity index (χ4n) is 1.55. The van der Waals surface area contributed by atoms with E-state index in [9.17, 15) is 10.1 Å². The molecule has 1 rings (SSSR count). The number of nitrogens with zero attached hydrogens (tertiary/aromatic N) is 1. The van der Waals surface area contributed by atoms with Gasteiger partial charge in [-0.2, -0.15) is 11.8 Å². The molecule has 0 aromatic carbocycles. The van der Waals surface area contributed by atoms with Crippen LogP contribution in [0.25, 0.3) is 0 Å². The van der Waals surface area contributed by atoms with Gasteiger partial charge in [-0.15, -0.1) is 0 Å². The number of hydrogen-bond acceptors (Lipinski definition) is 3. The van der Waals surface area contributed by atoms with E-state index in [1.54, 1.807) is 6.92 Å². The minimum atomic E-state index is -0.349. The molecule has 0 aromatic heterocycles. The topological polar surface area (TPSA) is 43.1 Å². The summed E-state index contributed by atoms with van der Waals surface area (Å²) in [4.78, 5) is 10.2. The summed E-state index contributed by atoms with van der Waals surface area (Å²) in [6, 6.07) is -0.349. The van der Waals surface area contributed by atoms with Crippen molar-refractivity contribution in [2.45, 2.75) is 32.2 Å². The SMILES string of the molecule is CC(CC1CCSCC1)[N+](=O)[O-]. The number of thioether (sulfide) groups is 1. The van der Waals surface area contributed by atoms with Gasteiger partial charge in [0.05, 0.1) is 0 Å². The van der Waals surface area contributed by atoms with Crippen molar-refractivity contribution in [3.8, 4) is 0 Å². The Labute approximate surface area is 77.1 Å². The third kappa shape index (κ3) is 3.01. The minimum Gasteiger partial charge on any atom is -0.264 e. The highest BCUT2D eigenvalue weighted by Gasteiger charge is 2.21. The predicted molar refractivity (Wildman–Crippen MR) is 51.1 cm³/mol. The zero-order chi connectivity index (χ0) is 8.97. The lowest BCUT2D eigenvalue weighted by molar-refractivity contribution is -0.520. The lowest BCUT2D eigenvalue weighted by atomic mass is 9.95. The predicted octanol–water partition coefficient (Wildman–Crippen LogP) is 2.18. The molecule has 0 N–H and O–H groups in total. The van der Waals surface area contributed by atoms with Gasteiger partial charge in [-0.1, -0.05) is 0 Å². The Balaban J connectivity index is 2.24. The molecule has 1 unspecified atom stereocenters. The molecule has 0 aromatic rings. The highest BCUT2D eigenvalue weighted by molar-refractivity contribution is 7.99. The van der Waals surface area contributed by atoms with Crippen LogP contribution in [0.4, 0.5) is 0 Å². The quantitative estimate of drug-likeness (QED) is 0.505. The fraction of sp³-hybridized carbons (Fsp3) is 1.00. The van der Waals surface area contributed by atoms with Gasteiger partial charge in [-0.3, -0.25) is 10.1 Å². The zero-order valence-electron chi connectivity index (χ0n) is 7.36. The van der Waals surface area contributed by atoms with E-state index >= 15 is 0 Å². The van der Waals surface area contributed by atoms with Crippen LogP contribution < -0.4 is 0 Å². The summed E-state index contributed by atoms with van der Waals surface area (Å²) in [6.45, 7) is 1.71. The van der Waals surface area contributed by atoms with Crippen LogP contribution in [-0.4, -0.2) is 22.5 Å². The number of nitro groups is 1. The Morgan fingerprint density at radius 2 is 2.17 bits per heavy atom. The summed E-state index contributed by atoms with van der Waals surface area (Å²) < 4.78 is 0. The lowest BCUT2D eigenvalue weighted by Gasteiger charge is -2.21. The second-order valence-electron chi connectivity index (χ2n) is 3.43. The van der Waals surface area contributed by atoms with Crippen molar-refractivity contribution in [3.05, 3.63) is 10.1 Å². The summed E-state index contributed by atoms with van der Waals surface area (Å²) in [5, 5.41) is 10.4. The van der Waals surface area contributed by atoms with Gasteiger partial charge < -0.3 is 0 Å². The van der Waals surface area contributed by atoms with E-state index < -0.39 is 0 Å². The Kier molecular flexibility index (Phi) is 3.85. The fourth-order valence-corrected chi connectivity index (χ4v) is 2.75. The van der Waals surface area contributed by atoms with Gasteiger partial charge in [-0.05, 0) is 30.3 Å². The smallest absolute Gasteiger partial charge is 0.210 e. The van der Waals surface area contributed by atoms with Crippen molar-refractivity contribution in [2.24, 2.45) is 5.92 Å². The molecule has 1 atom stereocenters. The van der Waals surface area contributed by atoms with Crippen LogP contribution in [0.1, 0.15) is 26.2 Å². The molecule has 1 fully saturated rings. The van der Waals surface area contributed by atoms with Crippen LogP contribution in [0, 0.1) is 16.0 Å². The van der Waals surface area contributed by atoms with E-state index in [0.29, 0.717) is 5.92 Å². The van der Waals surface area contributed by atoms with Crippen LogP contribution in [0.5, 0.6) is 0 Å². The third-order valence-corrected chi connectivity index (χ3v) is 3.42. The maximum Gasteiger partial charge on any atom is 0.210 e. The van der Waals surface area contributed by atoms with Crippen LogP contribution >= 0.6 is 11.8 Å². The summed E-state index contributed by atoms with van der Waals surface area (Å²) >= 11 is 1.96. The lowest BCUT2D eigenvalue weighted by Crippen LogP contribution is -2.21. The van der Waals surface area contributed by atoms with Gasteiger partial charge in [0.2, 0.25) is 6.04 Å². The minimum absolute atomic E-state index is 0.165. The van der Waals surface area contributed by atoms with E-state index in [0.717, 1.165) is 6.42 Å². The number of rotatable bonds is 3. The maximum absolute atomic E-state index is 10.4. The molecule has 1 heterocycles. The van der Waals surface area contributed by atoms with E-state index in [2.05, 4.69) is 0 Å². The number of hydrogen-bond donors (Lipinski definition) is 0. The van der Waals surface area contributed by atoms with Crippen molar-refractivity contribution in [3.63, 3.8) is 0 Å². The first-order chi connectivity index (χ1) is 5.70. The van der Waals surface area contributed by atoms with Crippen LogP contribution in [0.3, 0.4) is 0 Å². The normalized spacial score (nSPS) is 22.1. The average molecular weight is 189 g/mol. The van der Waals surface area contributed by atoms with Gasteiger partial charge in [-0.25, -0.2) is 0 Å². The van der Waals surface area contributed by atoms with Crippen LogP contribution in [-0.2, 0) is 0 Å². The first kappa shape index (κ1) is 9.84. The van der Waals surface area contributed by atoms with E-state index in [1.807, 2.05) is 11.8 Å². The van der Waals surface area contributed by atoms with E-state index in [4.69, 9.17) is 0 Å². The van der Waals surface area contributed by atoms with Gasteiger partial charge >= 0.3 is 0 Å². The van der Waals surface area contributed by atoms with E-state index in [-0.39, 0.29) is 11.0 Å². The molecule has 0 radical (unpaired) electrons. The molecule has 4 heteroatoms. The molecule has 0 spiro atoms. The van der Waals surface area contributed by atoms with Crippen molar-refractivity contribution in [2.75, 3.05) is 11.5 Å². The molecule has 12 heavy (non-hydrogen) atoms. The molecular formula is C8H15NO2S. The Bertz CT molecular complexity index is 157. The molecule has 3 nitrogen and oxygen atoms in total. The van der Waals surface area contributed by atoms with Crippen molar-refractivity contribution >= 4 is 11.8 Å². The Morgan fingerprint density at radius 1 is 1.58 bits per heavy atom.